The topological polar surface area (TPSA) is 218 Å². The van der Waals surface area contributed by atoms with Gasteiger partial charge in [-0.25, -0.2) is 13.9 Å². The van der Waals surface area contributed by atoms with Crippen molar-refractivity contribution >= 4 is 29.5 Å². The highest BCUT2D eigenvalue weighted by Crippen LogP contribution is 2.44. The Balaban J connectivity index is 0.00000410. The number of alkyl carbamates (subject to hydrolysis) is 1. The molecule has 1 amide bonds. The lowest BCUT2D eigenvalue weighted by molar-refractivity contribution is -0.676. The molecule has 0 radical (unpaired) electrons. The molecule has 9 rings (SSSR count). The highest BCUT2D eigenvalue weighted by atomic mass is 35.5. The number of halogens is 2. The van der Waals surface area contributed by atoms with E-state index >= 15 is 0 Å². The number of hydrogen-bond acceptors (Lipinski definition) is 14. The van der Waals surface area contributed by atoms with Gasteiger partial charge in [0.2, 0.25) is 0 Å². The molecule has 2 unspecified atom stereocenters. The summed E-state index contributed by atoms with van der Waals surface area (Å²) in [4.78, 5) is 14.9. The number of aromatic nitrogens is 2. The van der Waals surface area contributed by atoms with Crippen LogP contribution in [0.25, 0.3) is 22.2 Å². The van der Waals surface area contributed by atoms with Gasteiger partial charge in [-0.3, -0.25) is 4.90 Å². The first-order valence-electron chi connectivity index (χ1n) is 25.2. The molecule has 2 aliphatic heterocycles. The molecule has 0 spiro atoms. The molecular weight excluding hydrogens is 1010 g/mol. The van der Waals surface area contributed by atoms with Crippen molar-refractivity contribution in [1.82, 2.24) is 14.8 Å². The zero-order valence-electron chi connectivity index (χ0n) is 41.9. The van der Waals surface area contributed by atoms with E-state index in [1.165, 1.54) is 0 Å². The maximum Gasteiger partial charge on any atom is 0.407 e. The number of nitrogens with zero attached hydrogens (tertiary/aromatic N) is 3. The van der Waals surface area contributed by atoms with Crippen molar-refractivity contribution in [3.05, 3.63) is 155 Å². The smallest absolute Gasteiger partial charge is 0.407 e. The number of aliphatic hydroxyl groups is 6. The van der Waals surface area contributed by atoms with Gasteiger partial charge >= 0.3 is 6.09 Å². The minimum absolute atomic E-state index is 0. The van der Waals surface area contributed by atoms with E-state index in [9.17, 15) is 35.4 Å². The number of carbonyl (C=O) groups is 1. The summed E-state index contributed by atoms with van der Waals surface area (Å²) in [5.41, 5.74) is 7.86. The largest absolute Gasteiger partial charge is 1.00 e. The second-order valence-electron chi connectivity index (χ2n) is 18.8. The van der Waals surface area contributed by atoms with Gasteiger partial charge in [0.1, 0.15) is 55.5 Å². The van der Waals surface area contributed by atoms with Crippen LogP contribution < -0.4 is 27.0 Å². The van der Waals surface area contributed by atoms with Gasteiger partial charge in [-0.2, -0.15) is 0 Å². The van der Waals surface area contributed by atoms with E-state index in [1.54, 1.807) is 29.2 Å². The molecule has 6 aromatic rings. The molecule has 1 aliphatic carbocycles. The number of nitrogens with one attached hydrogen (secondary N) is 1. The van der Waals surface area contributed by atoms with Crippen molar-refractivity contribution in [2.24, 2.45) is 0 Å². The first-order valence-corrected chi connectivity index (χ1v) is 25.2. The van der Waals surface area contributed by atoms with Crippen LogP contribution in [0, 0.1) is 0 Å². The number of rotatable bonds is 21. The third kappa shape index (κ3) is 13.1. The number of fused-ring (bicyclic) bond motifs is 4. The van der Waals surface area contributed by atoms with Crippen LogP contribution in [0.3, 0.4) is 0 Å². The molecule has 3 heterocycles. The summed E-state index contributed by atoms with van der Waals surface area (Å²) in [6.07, 6.45) is -12.8. The van der Waals surface area contributed by atoms with E-state index in [1.807, 2.05) is 85.8 Å². The highest BCUT2D eigenvalue weighted by molar-refractivity contribution is 5.85. The monoisotopic (exact) mass is 1070 g/mol. The fourth-order valence-corrected chi connectivity index (χ4v) is 10.4. The van der Waals surface area contributed by atoms with Gasteiger partial charge in [0, 0.05) is 42.7 Å². The zero-order chi connectivity index (χ0) is 51.0. The molecule has 0 saturated carbocycles. The predicted octanol–water partition coefficient (Wildman–Crippen LogP) is 1.90. The van der Waals surface area contributed by atoms with Crippen molar-refractivity contribution in [2.75, 3.05) is 46.1 Å². The van der Waals surface area contributed by atoms with Crippen LogP contribution in [0.5, 0.6) is 5.75 Å². The number of amides is 1. The molecule has 3 aliphatic rings. The minimum atomic E-state index is -1.57. The molecule has 2 saturated heterocycles. The van der Waals surface area contributed by atoms with Crippen molar-refractivity contribution in [3.63, 3.8) is 0 Å². The molecule has 75 heavy (non-hydrogen) atoms. The summed E-state index contributed by atoms with van der Waals surface area (Å²) in [7, 11) is 0. The number of ether oxygens (including phenoxy) is 6. The molecule has 404 valence electrons. The van der Waals surface area contributed by atoms with Crippen LogP contribution in [-0.4, -0.2) is 141 Å². The lowest BCUT2D eigenvalue weighted by atomic mass is 9.98. The van der Waals surface area contributed by atoms with E-state index in [0.29, 0.717) is 36.4 Å². The summed E-state index contributed by atoms with van der Waals surface area (Å²) in [6.45, 7) is 5.61. The van der Waals surface area contributed by atoms with E-state index < -0.39 is 67.5 Å². The average Bonchev–Trinajstić information content (AvgIpc) is 3.92. The van der Waals surface area contributed by atoms with Crippen LogP contribution in [0.2, 0.25) is 0 Å². The van der Waals surface area contributed by atoms with E-state index in [2.05, 4.69) is 45.6 Å². The van der Waals surface area contributed by atoms with Crippen molar-refractivity contribution in [3.8, 4) is 16.9 Å². The maximum absolute atomic E-state index is 13.3. The molecule has 10 atom stereocenters. The number of imidazole rings is 1. The van der Waals surface area contributed by atoms with E-state index in [0.717, 1.165) is 39.1 Å². The average molecular weight is 1080 g/mol. The Labute approximate surface area is 449 Å². The maximum atomic E-state index is 13.3. The van der Waals surface area contributed by atoms with Gasteiger partial charge in [0.15, 0.2) is 23.6 Å². The molecule has 7 N–H and O–H groups in total. The van der Waals surface area contributed by atoms with Gasteiger partial charge in [-0.15, -0.1) is 12.4 Å². The molecule has 0 bridgehead atoms. The van der Waals surface area contributed by atoms with Crippen LogP contribution in [0.1, 0.15) is 66.8 Å². The third-order valence-corrected chi connectivity index (χ3v) is 14.1. The SMILES string of the molecule is CCn1c(CNC(=O)OCC2c3ccccc3-c3ccccc32)[n+](CC)c2cc(OCCCN(C[C@H](O)[C@@H](O)[C@@H]3OC(c4ccccc4)OC[C@H]3O)C[C@H](O)[C@@H](O)[C@@H]3OC(c4ccccc4)OC[C@H]3O)ccc21.Cl.[Cl-]. The summed E-state index contributed by atoms with van der Waals surface area (Å²) in [5.74, 6) is 1.45. The first kappa shape index (κ1) is 57.5. The van der Waals surface area contributed by atoms with Crippen LogP contribution >= 0.6 is 12.4 Å². The van der Waals surface area contributed by atoms with Gasteiger partial charge in [-0.1, -0.05) is 109 Å². The standard InChI is InChI=1S/C56H66N4O13.2ClH/c1-3-59-43-25-24-37(28-44(43)60(4-2)49(59)29-57-56(67)71-32-42-40-22-13-11-20-38(40)39-21-12-14-23-41(39)42)68-27-15-26-58(30-45(61)50(65)52-47(63)33-69-54(72-52)35-16-7-5-8-17-35)31-46(62)51(66)53-48(64)34-70-55(73-53)36-18-9-6-10-19-36;;/h5-14,16-25,28,42,45-48,50-55,61-66H,3-4,15,26-27,29-34H2,1-2H3;2*1H/t45-,46-,47+,48+,50+,51+,52+,53+,54?,55?;;/m0../s1. The second kappa shape index (κ2) is 26.7. The number of aliphatic hydroxyl groups excluding tert-OH is 6. The molecular formula is C56H68Cl2N4O13. The lowest BCUT2D eigenvalue weighted by Crippen LogP contribution is -3.00. The molecule has 19 heteroatoms. The Morgan fingerprint density at radius 2 is 1.27 bits per heavy atom. The highest BCUT2D eigenvalue weighted by Gasteiger charge is 2.42. The minimum Gasteiger partial charge on any atom is -1.00 e. The predicted molar refractivity (Wildman–Crippen MR) is 275 cm³/mol. The zero-order valence-corrected chi connectivity index (χ0v) is 43.5. The fourth-order valence-electron chi connectivity index (χ4n) is 10.4. The molecule has 5 aromatic carbocycles. The normalized spacial score (nSPS) is 22.0. The first-order chi connectivity index (χ1) is 35.5. The molecule has 1 aromatic heterocycles. The Kier molecular flexibility index (Phi) is 20.5. The second-order valence-corrected chi connectivity index (χ2v) is 18.8. The van der Waals surface area contributed by atoms with Crippen LogP contribution in [0.4, 0.5) is 4.79 Å². The fraction of sp³-hybridized carbons (Fsp3) is 0.429. The Bertz CT molecular complexity index is 2640. The van der Waals surface area contributed by atoms with E-state index in [4.69, 9.17) is 28.4 Å². The number of hydrogen-bond donors (Lipinski definition) is 7. The van der Waals surface area contributed by atoms with Gasteiger partial charge in [-0.05, 0) is 54.7 Å². The van der Waals surface area contributed by atoms with Gasteiger partial charge in [0.25, 0.3) is 5.82 Å². The van der Waals surface area contributed by atoms with Crippen molar-refractivity contribution < 1.29 is 80.8 Å². The van der Waals surface area contributed by atoms with Crippen LogP contribution in [0.15, 0.2) is 127 Å². The molecule has 17 nitrogen and oxygen atoms in total. The van der Waals surface area contributed by atoms with Gasteiger partial charge < -0.3 is 76.8 Å². The molecule has 2 fully saturated rings. The van der Waals surface area contributed by atoms with E-state index in [-0.39, 0.29) is 83.3 Å². The summed E-state index contributed by atoms with van der Waals surface area (Å²) < 4.78 is 39.8. The quantitative estimate of drug-likeness (QED) is 0.0405. The third-order valence-electron chi connectivity index (χ3n) is 14.1. The van der Waals surface area contributed by atoms with Crippen molar-refractivity contribution in [2.45, 2.75) is 107 Å². The summed E-state index contributed by atoms with van der Waals surface area (Å²) in [5, 5.41) is 70.7. The lowest BCUT2D eigenvalue weighted by Gasteiger charge is -2.40. The summed E-state index contributed by atoms with van der Waals surface area (Å²) in [6, 6.07) is 40.4. The Morgan fingerprint density at radius 3 is 1.79 bits per heavy atom. The van der Waals surface area contributed by atoms with Crippen LogP contribution in [-0.2, 0) is 43.3 Å². The Morgan fingerprint density at radius 1 is 0.747 bits per heavy atom. The van der Waals surface area contributed by atoms with Crippen molar-refractivity contribution in [1.29, 1.82) is 0 Å². The number of benzene rings is 5. The number of carbonyl (C=O) groups excluding carboxylic acids is 1. The summed E-state index contributed by atoms with van der Waals surface area (Å²) >= 11 is 0. The number of aryl methyl sites for hydroxylation is 2. The Hall–Kier alpha value is -5.22. The van der Waals surface area contributed by atoms with Gasteiger partial charge in [0.05, 0.1) is 45.1 Å².